The van der Waals surface area contributed by atoms with Crippen LogP contribution in [0.2, 0.25) is 0 Å². The van der Waals surface area contributed by atoms with Gasteiger partial charge in [-0.25, -0.2) is 4.79 Å². The molecular formula is C34H38N2O5. The number of amides is 2. The molecule has 0 radical (unpaired) electrons. The van der Waals surface area contributed by atoms with Gasteiger partial charge in [0.05, 0.1) is 21.3 Å². The van der Waals surface area contributed by atoms with Crippen molar-refractivity contribution in [3.8, 4) is 23.0 Å². The molecule has 4 rings (SSSR count). The van der Waals surface area contributed by atoms with Gasteiger partial charge < -0.3 is 29.2 Å². The molecule has 2 amide bonds. The van der Waals surface area contributed by atoms with Crippen molar-refractivity contribution in [2.75, 3.05) is 33.2 Å². The number of anilines is 1. The lowest BCUT2D eigenvalue weighted by atomic mass is 10.1. The normalized spacial score (nSPS) is 10.6. The second-order valence-electron chi connectivity index (χ2n) is 9.82. The molecule has 0 saturated carbocycles. The Bertz CT molecular complexity index is 1430. The van der Waals surface area contributed by atoms with Crippen molar-refractivity contribution in [1.29, 1.82) is 0 Å². The topological polar surface area (TPSA) is 69.3 Å². The summed E-state index contributed by atoms with van der Waals surface area (Å²) in [6, 6.07) is 27.4. The first-order valence-electron chi connectivity index (χ1n) is 13.6. The molecule has 0 aliphatic heterocycles. The van der Waals surface area contributed by atoms with Gasteiger partial charge in [-0.1, -0.05) is 60.7 Å². The van der Waals surface area contributed by atoms with Crippen LogP contribution >= 0.6 is 0 Å². The predicted octanol–water partition coefficient (Wildman–Crippen LogP) is 7.19. The van der Waals surface area contributed by atoms with Gasteiger partial charge in [0.15, 0.2) is 23.0 Å². The zero-order valence-electron chi connectivity index (χ0n) is 24.4. The Hall–Kier alpha value is -4.65. The van der Waals surface area contributed by atoms with Gasteiger partial charge in [0.2, 0.25) is 0 Å². The van der Waals surface area contributed by atoms with Crippen LogP contribution < -0.4 is 24.3 Å². The van der Waals surface area contributed by atoms with Crippen LogP contribution in [0.15, 0.2) is 84.9 Å². The van der Waals surface area contributed by atoms with Crippen molar-refractivity contribution in [3.63, 3.8) is 0 Å². The standard InChI is InChI=1S/C34H38N2O5/c1-24-10-9-11-25(2)33(24)35-34(37)36(19-18-26-14-16-29(38-3)31(20-26)39-4)22-28-15-17-30(32(21-28)40-5)41-23-27-12-7-6-8-13-27/h6-17,20-21H,18-19,22-23H2,1-5H3,(H,35,37). The van der Waals surface area contributed by atoms with Crippen molar-refractivity contribution < 1.29 is 23.7 Å². The SMILES string of the molecule is COc1ccc(CCN(Cc2ccc(OCc3ccccc3)c(OC)c2)C(=O)Nc2c(C)cccc2C)cc1OC. The molecule has 0 fully saturated rings. The molecule has 0 bridgehead atoms. The molecule has 214 valence electrons. The Morgan fingerprint density at radius 1 is 0.683 bits per heavy atom. The van der Waals surface area contributed by atoms with E-state index >= 15 is 0 Å². The van der Waals surface area contributed by atoms with Crippen LogP contribution in [-0.4, -0.2) is 38.8 Å². The van der Waals surface area contributed by atoms with Crippen LogP contribution in [0, 0.1) is 13.8 Å². The molecule has 0 atom stereocenters. The number of hydrogen-bond acceptors (Lipinski definition) is 5. The van der Waals surface area contributed by atoms with E-state index in [1.807, 2.05) is 104 Å². The van der Waals surface area contributed by atoms with Gasteiger partial charge in [-0.3, -0.25) is 0 Å². The van der Waals surface area contributed by atoms with Gasteiger partial charge in [0, 0.05) is 18.8 Å². The fourth-order valence-electron chi connectivity index (χ4n) is 4.64. The molecule has 4 aromatic carbocycles. The quantitative estimate of drug-likeness (QED) is 0.201. The highest BCUT2D eigenvalue weighted by Gasteiger charge is 2.18. The number of urea groups is 1. The average Bonchev–Trinajstić information content (AvgIpc) is 3.00. The van der Waals surface area contributed by atoms with Gasteiger partial charge in [-0.15, -0.1) is 0 Å². The number of carbonyl (C=O) groups is 1. The van der Waals surface area contributed by atoms with Crippen molar-refractivity contribution in [2.45, 2.75) is 33.4 Å². The lowest BCUT2D eigenvalue weighted by molar-refractivity contribution is 0.209. The number of para-hydroxylation sites is 1. The molecule has 7 nitrogen and oxygen atoms in total. The Kier molecular flexibility index (Phi) is 10.1. The zero-order chi connectivity index (χ0) is 29.2. The van der Waals surface area contributed by atoms with E-state index in [0.29, 0.717) is 49.1 Å². The fraction of sp³-hybridized carbons (Fsp3) is 0.265. The fourth-order valence-corrected chi connectivity index (χ4v) is 4.64. The van der Waals surface area contributed by atoms with Crippen LogP contribution in [0.4, 0.5) is 10.5 Å². The van der Waals surface area contributed by atoms with E-state index in [2.05, 4.69) is 5.32 Å². The minimum atomic E-state index is -0.175. The molecule has 0 saturated heterocycles. The van der Waals surface area contributed by atoms with Crippen LogP contribution in [0.25, 0.3) is 0 Å². The maximum atomic E-state index is 13.7. The molecule has 0 heterocycles. The van der Waals surface area contributed by atoms with E-state index in [0.717, 1.165) is 33.5 Å². The first-order valence-corrected chi connectivity index (χ1v) is 13.6. The number of carbonyl (C=O) groups excluding carboxylic acids is 1. The van der Waals surface area contributed by atoms with Gasteiger partial charge >= 0.3 is 6.03 Å². The van der Waals surface area contributed by atoms with Gasteiger partial charge in [-0.05, 0) is 72.4 Å². The summed E-state index contributed by atoms with van der Waals surface area (Å²) in [6.45, 7) is 5.30. The third kappa shape index (κ3) is 7.72. The van der Waals surface area contributed by atoms with E-state index in [1.165, 1.54) is 0 Å². The van der Waals surface area contributed by atoms with E-state index in [1.54, 1.807) is 21.3 Å². The van der Waals surface area contributed by atoms with Crippen molar-refractivity contribution in [3.05, 3.63) is 113 Å². The third-order valence-electron chi connectivity index (χ3n) is 6.96. The maximum Gasteiger partial charge on any atom is 0.322 e. The van der Waals surface area contributed by atoms with Crippen LogP contribution in [0.3, 0.4) is 0 Å². The molecule has 41 heavy (non-hydrogen) atoms. The summed E-state index contributed by atoms with van der Waals surface area (Å²) in [6.07, 6.45) is 0.635. The second-order valence-corrected chi connectivity index (χ2v) is 9.82. The Labute approximate surface area is 242 Å². The zero-order valence-corrected chi connectivity index (χ0v) is 24.4. The summed E-state index contributed by atoms with van der Waals surface area (Å²) in [7, 11) is 4.85. The minimum absolute atomic E-state index is 0.175. The van der Waals surface area contributed by atoms with Crippen molar-refractivity contribution in [1.82, 2.24) is 4.90 Å². The maximum absolute atomic E-state index is 13.7. The molecular weight excluding hydrogens is 516 g/mol. The molecule has 0 unspecified atom stereocenters. The van der Waals surface area contributed by atoms with E-state index in [4.69, 9.17) is 18.9 Å². The second kappa shape index (κ2) is 14.1. The van der Waals surface area contributed by atoms with Crippen LogP contribution in [0.1, 0.15) is 27.8 Å². The minimum Gasteiger partial charge on any atom is -0.493 e. The van der Waals surface area contributed by atoms with Gasteiger partial charge in [-0.2, -0.15) is 0 Å². The Morgan fingerprint density at radius 2 is 1.29 bits per heavy atom. The van der Waals surface area contributed by atoms with Crippen molar-refractivity contribution >= 4 is 11.7 Å². The Balaban J connectivity index is 1.54. The lowest BCUT2D eigenvalue weighted by Gasteiger charge is -2.25. The van der Waals surface area contributed by atoms with Crippen LogP contribution in [-0.2, 0) is 19.6 Å². The summed E-state index contributed by atoms with van der Waals surface area (Å²) in [5, 5.41) is 3.14. The summed E-state index contributed by atoms with van der Waals surface area (Å²) >= 11 is 0. The van der Waals surface area contributed by atoms with Gasteiger partial charge in [0.25, 0.3) is 0 Å². The first-order chi connectivity index (χ1) is 19.9. The number of methoxy groups -OCH3 is 3. The molecule has 4 aromatic rings. The smallest absolute Gasteiger partial charge is 0.322 e. The number of benzene rings is 4. The van der Waals surface area contributed by atoms with E-state index < -0.39 is 0 Å². The highest BCUT2D eigenvalue weighted by atomic mass is 16.5. The number of aryl methyl sites for hydroxylation is 2. The van der Waals surface area contributed by atoms with Crippen molar-refractivity contribution in [2.24, 2.45) is 0 Å². The monoisotopic (exact) mass is 554 g/mol. The average molecular weight is 555 g/mol. The number of ether oxygens (including phenoxy) is 4. The molecule has 0 spiro atoms. The van der Waals surface area contributed by atoms with E-state index in [9.17, 15) is 4.79 Å². The first kappa shape index (κ1) is 29.3. The van der Waals surface area contributed by atoms with E-state index in [-0.39, 0.29) is 6.03 Å². The van der Waals surface area contributed by atoms with Crippen LogP contribution in [0.5, 0.6) is 23.0 Å². The number of nitrogens with one attached hydrogen (secondary N) is 1. The summed E-state index contributed by atoms with van der Waals surface area (Å²) in [5.41, 5.74) is 5.89. The Morgan fingerprint density at radius 3 is 1.98 bits per heavy atom. The van der Waals surface area contributed by atoms with Gasteiger partial charge in [0.1, 0.15) is 6.61 Å². The highest BCUT2D eigenvalue weighted by Crippen LogP contribution is 2.31. The summed E-state index contributed by atoms with van der Waals surface area (Å²) < 4.78 is 22.5. The third-order valence-corrected chi connectivity index (χ3v) is 6.96. The molecule has 1 N–H and O–H groups in total. The molecule has 7 heteroatoms. The molecule has 0 aliphatic carbocycles. The highest BCUT2D eigenvalue weighted by molar-refractivity contribution is 5.91. The molecule has 0 aliphatic rings. The number of nitrogens with zero attached hydrogens (tertiary/aromatic N) is 1. The number of hydrogen-bond donors (Lipinski definition) is 1. The largest absolute Gasteiger partial charge is 0.493 e. The number of rotatable bonds is 12. The molecule has 0 aromatic heterocycles. The predicted molar refractivity (Wildman–Crippen MR) is 162 cm³/mol. The summed E-state index contributed by atoms with van der Waals surface area (Å²) in [4.78, 5) is 15.5. The lowest BCUT2D eigenvalue weighted by Crippen LogP contribution is -2.36. The summed E-state index contributed by atoms with van der Waals surface area (Å²) in [5.74, 6) is 2.60.